The van der Waals surface area contributed by atoms with Gasteiger partial charge in [-0.05, 0) is 87.5 Å². The minimum atomic E-state index is -0.926. The molecule has 0 saturated carbocycles. The van der Waals surface area contributed by atoms with Crippen LogP contribution in [-0.2, 0) is 22.4 Å². The lowest BCUT2D eigenvalue weighted by molar-refractivity contribution is -0.143. The molecule has 1 unspecified atom stereocenters. The Morgan fingerprint density at radius 3 is 2.47 bits per heavy atom. The molecule has 250 valence electrons. The first-order valence-electron chi connectivity index (χ1n) is 17.2. The number of ether oxygens (including phenoxy) is 1. The molecule has 4 aliphatic rings. The highest BCUT2D eigenvalue weighted by Gasteiger charge is 2.36. The van der Waals surface area contributed by atoms with Crippen LogP contribution in [-0.4, -0.2) is 124 Å². The van der Waals surface area contributed by atoms with Crippen molar-refractivity contribution in [2.24, 2.45) is 0 Å². The Hall–Kier alpha value is -4.16. The molecular weight excluding hydrogens is 596 g/mol. The average Bonchev–Trinajstić information content (AvgIpc) is 3.52. The Morgan fingerprint density at radius 1 is 0.915 bits per heavy atom. The van der Waals surface area contributed by atoms with Crippen LogP contribution >= 0.6 is 0 Å². The van der Waals surface area contributed by atoms with Gasteiger partial charge in [0.15, 0.2) is 6.10 Å². The summed E-state index contributed by atoms with van der Waals surface area (Å²) in [7, 11) is 0. The van der Waals surface area contributed by atoms with Crippen LogP contribution in [0.2, 0.25) is 0 Å². The van der Waals surface area contributed by atoms with E-state index in [-0.39, 0.29) is 18.0 Å². The van der Waals surface area contributed by atoms with Crippen molar-refractivity contribution < 1.29 is 19.1 Å². The molecule has 0 spiro atoms. The number of benzene rings is 1. The summed E-state index contributed by atoms with van der Waals surface area (Å²) in [6, 6.07) is 14.4. The second-order valence-electron chi connectivity index (χ2n) is 13.3. The zero-order chi connectivity index (χ0) is 32.3. The number of aryl methyl sites for hydroxylation is 1. The molecule has 4 aliphatic heterocycles. The van der Waals surface area contributed by atoms with Crippen molar-refractivity contribution in [3.63, 3.8) is 0 Å². The monoisotopic (exact) mass is 642 g/mol. The maximum atomic E-state index is 14.1. The molecule has 4 amide bonds. The molecule has 7 rings (SSSR count). The van der Waals surface area contributed by atoms with E-state index in [1.807, 2.05) is 57.6 Å². The summed E-state index contributed by atoms with van der Waals surface area (Å²) < 4.78 is 7.97. The van der Waals surface area contributed by atoms with Crippen molar-refractivity contribution in [1.82, 2.24) is 34.5 Å². The molecule has 6 heterocycles. The Balaban J connectivity index is 1.00. The average molecular weight is 643 g/mol. The number of piperidine rings is 2. The quantitative estimate of drug-likeness (QED) is 0.425. The highest BCUT2D eigenvalue weighted by atomic mass is 16.6. The number of anilines is 1. The summed E-state index contributed by atoms with van der Waals surface area (Å²) >= 11 is 0. The molecule has 0 aliphatic carbocycles. The van der Waals surface area contributed by atoms with Gasteiger partial charge in [-0.3, -0.25) is 9.69 Å². The minimum absolute atomic E-state index is 0.0346. The number of fused-ring (bicyclic) bond motifs is 2. The number of pyridine rings is 1. The zero-order valence-corrected chi connectivity index (χ0v) is 27.3. The number of amides is 4. The largest absolute Gasteiger partial charge is 0.436 e. The summed E-state index contributed by atoms with van der Waals surface area (Å²) in [5.41, 5.74) is 4.83. The van der Waals surface area contributed by atoms with Gasteiger partial charge in [0, 0.05) is 81.9 Å². The normalized spacial score (nSPS) is 20.9. The van der Waals surface area contributed by atoms with E-state index in [0.29, 0.717) is 58.0 Å². The Labute approximate surface area is 276 Å². The smallest absolute Gasteiger partial charge is 0.410 e. The lowest BCUT2D eigenvalue weighted by Crippen LogP contribution is -2.56. The molecular formula is C35H46N8O4. The molecule has 12 nitrogen and oxygen atoms in total. The van der Waals surface area contributed by atoms with Gasteiger partial charge in [0.25, 0.3) is 5.91 Å². The summed E-state index contributed by atoms with van der Waals surface area (Å²) in [5.74, 6) is -0.134. The number of carbonyl (C=O) groups excluding carboxylic acids is 3. The summed E-state index contributed by atoms with van der Waals surface area (Å²) in [6.45, 7) is 8.57. The lowest BCUT2D eigenvalue weighted by atomic mass is 10.0. The first kappa shape index (κ1) is 31.4. The Kier molecular flexibility index (Phi) is 9.30. The molecule has 47 heavy (non-hydrogen) atoms. The van der Waals surface area contributed by atoms with Crippen LogP contribution in [0, 0.1) is 6.92 Å². The predicted molar refractivity (Wildman–Crippen MR) is 178 cm³/mol. The van der Waals surface area contributed by atoms with Gasteiger partial charge in [-0.1, -0.05) is 18.2 Å². The van der Waals surface area contributed by atoms with Crippen molar-refractivity contribution in [2.75, 3.05) is 64.2 Å². The number of urea groups is 1. The summed E-state index contributed by atoms with van der Waals surface area (Å²) in [4.78, 5) is 48.8. The number of hydrogen-bond donors (Lipinski definition) is 2. The number of para-hydroxylation sites is 1. The number of rotatable bonds is 6. The zero-order valence-electron chi connectivity index (χ0n) is 27.3. The van der Waals surface area contributed by atoms with Gasteiger partial charge in [0.1, 0.15) is 0 Å². The van der Waals surface area contributed by atoms with Crippen molar-refractivity contribution in [2.45, 2.75) is 63.6 Å². The molecule has 3 saturated heterocycles. The van der Waals surface area contributed by atoms with E-state index in [0.717, 1.165) is 73.5 Å². The van der Waals surface area contributed by atoms with E-state index in [1.54, 1.807) is 11.1 Å². The number of nitrogens with one attached hydrogen (secondary N) is 2. The second-order valence-corrected chi connectivity index (χ2v) is 13.3. The van der Waals surface area contributed by atoms with E-state index in [2.05, 4.69) is 26.7 Å². The second kappa shape index (κ2) is 13.9. The lowest BCUT2D eigenvalue weighted by Gasteiger charge is -2.41. The van der Waals surface area contributed by atoms with E-state index < -0.39 is 12.2 Å². The molecule has 3 fully saturated rings. The minimum Gasteiger partial charge on any atom is -0.436 e. The Morgan fingerprint density at radius 2 is 1.68 bits per heavy atom. The van der Waals surface area contributed by atoms with Crippen LogP contribution in [0.5, 0.6) is 0 Å². The summed E-state index contributed by atoms with van der Waals surface area (Å²) in [6.07, 6.45) is 5.05. The van der Waals surface area contributed by atoms with Crippen LogP contribution in [0.25, 0.3) is 5.52 Å². The molecule has 0 bridgehead atoms. The Bertz CT molecular complexity index is 1590. The third kappa shape index (κ3) is 6.94. The molecule has 1 atom stereocenters. The third-order valence-corrected chi connectivity index (χ3v) is 10.4. The summed E-state index contributed by atoms with van der Waals surface area (Å²) in [5, 5.41) is 10.9. The van der Waals surface area contributed by atoms with Gasteiger partial charge in [0.2, 0.25) is 0 Å². The van der Waals surface area contributed by atoms with E-state index in [9.17, 15) is 14.4 Å². The predicted octanol–water partition coefficient (Wildman–Crippen LogP) is 3.14. The third-order valence-electron chi connectivity index (χ3n) is 10.4. The van der Waals surface area contributed by atoms with Crippen LogP contribution in [0.3, 0.4) is 0 Å². The fourth-order valence-corrected chi connectivity index (χ4v) is 7.77. The van der Waals surface area contributed by atoms with Crippen molar-refractivity contribution in [3.05, 3.63) is 65.5 Å². The van der Waals surface area contributed by atoms with Gasteiger partial charge < -0.3 is 30.1 Å². The number of hydrogen-bond acceptors (Lipinski definition) is 7. The molecule has 0 radical (unpaired) electrons. The first-order valence-corrected chi connectivity index (χ1v) is 17.2. The number of piperazine rings is 1. The fraction of sp³-hybridized carbons (Fsp3) is 0.543. The van der Waals surface area contributed by atoms with Crippen molar-refractivity contribution in [1.29, 1.82) is 0 Å². The maximum Gasteiger partial charge on any atom is 0.410 e. The van der Waals surface area contributed by atoms with Gasteiger partial charge in [-0.2, -0.15) is 5.10 Å². The number of likely N-dealkylation sites (tertiary alicyclic amines) is 1. The van der Waals surface area contributed by atoms with E-state index >= 15 is 0 Å². The van der Waals surface area contributed by atoms with Crippen molar-refractivity contribution >= 4 is 29.2 Å². The van der Waals surface area contributed by atoms with Gasteiger partial charge in [-0.15, -0.1) is 0 Å². The SMILES string of the molecule is Cc1cc(CC(OC(=O)N2CCC(N3CCc4ccccc4NC3=O)CC2)C(=O)N2CCN(C3CCNCC3)CC2)cc2ccnn12. The maximum absolute atomic E-state index is 14.1. The molecule has 3 aromatic rings. The van der Waals surface area contributed by atoms with Crippen LogP contribution in [0.15, 0.2) is 48.7 Å². The van der Waals surface area contributed by atoms with E-state index in [4.69, 9.17) is 4.74 Å². The molecule has 2 N–H and O–H groups in total. The molecule has 1 aromatic carbocycles. The van der Waals surface area contributed by atoms with Crippen LogP contribution in [0.4, 0.5) is 15.3 Å². The van der Waals surface area contributed by atoms with Gasteiger partial charge >= 0.3 is 12.1 Å². The number of carbonyl (C=O) groups is 3. The number of aromatic nitrogens is 2. The highest BCUT2D eigenvalue weighted by Crippen LogP contribution is 2.25. The van der Waals surface area contributed by atoms with Gasteiger partial charge in [-0.25, -0.2) is 14.1 Å². The topological polar surface area (TPSA) is 115 Å². The first-order chi connectivity index (χ1) is 22.9. The molecule has 12 heteroatoms. The van der Waals surface area contributed by atoms with Gasteiger partial charge in [0.05, 0.1) is 5.52 Å². The van der Waals surface area contributed by atoms with Crippen molar-refractivity contribution in [3.8, 4) is 0 Å². The standard InChI is InChI=1S/C35H46N8O4/c1-25-22-26(23-30-8-14-37-43(25)30)24-32(33(44)40-20-18-39(19-21-40)28-6-12-36-13-7-28)47-35(46)41-15-10-29(11-16-41)42-17-9-27-4-2-3-5-31(27)38-34(42)45/h2-5,8,14,22-23,28-29,32,36H,6-7,9-13,15-21,24H2,1H3,(H,38,45). The number of nitrogens with zero attached hydrogens (tertiary/aromatic N) is 6. The van der Waals surface area contributed by atoms with E-state index in [1.165, 1.54) is 0 Å². The van der Waals surface area contributed by atoms with Crippen LogP contribution in [0.1, 0.15) is 42.5 Å². The fourth-order valence-electron chi connectivity index (χ4n) is 7.77. The highest BCUT2D eigenvalue weighted by molar-refractivity contribution is 5.91. The van der Waals surface area contributed by atoms with Crippen LogP contribution < -0.4 is 10.6 Å². The molecule has 2 aromatic heterocycles.